The Bertz CT molecular complexity index is 330. The van der Waals surface area contributed by atoms with Crippen LogP contribution >= 0.6 is 0 Å². The van der Waals surface area contributed by atoms with Crippen LogP contribution in [0.2, 0.25) is 0 Å². The minimum atomic E-state index is -0.437. The fraction of sp³-hybridized carbons (Fsp3) is 0.500. The smallest absolute Gasteiger partial charge is 0.118 e. The van der Waals surface area contributed by atoms with E-state index in [0.717, 1.165) is 24.2 Å². The molecule has 0 aliphatic heterocycles. The van der Waals surface area contributed by atoms with Crippen LogP contribution in [0.15, 0.2) is 24.3 Å². The summed E-state index contributed by atoms with van der Waals surface area (Å²) in [5.74, 6) is 0.809. The lowest BCUT2D eigenvalue weighted by molar-refractivity contribution is 0.0975. The van der Waals surface area contributed by atoms with Crippen molar-refractivity contribution in [1.29, 1.82) is 0 Å². The first-order chi connectivity index (χ1) is 7.22. The average Bonchev–Trinajstić information content (AvgIpc) is 3.09. The highest BCUT2D eigenvalue weighted by atomic mass is 16.5. The standard InChI is InChI=1S/C12H17NO2/c1-15-10-4-2-9(3-5-10)11(14)12(8-13)6-7-12/h2-5,11,14H,6-8,13H2,1H3. The summed E-state index contributed by atoms with van der Waals surface area (Å²) < 4.78 is 5.07. The molecular formula is C12H17NO2. The molecule has 1 aromatic carbocycles. The van der Waals surface area contributed by atoms with Crippen molar-refractivity contribution in [2.75, 3.05) is 13.7 Å². The third-order valence-electron chi connectivity index (χ3n) is 3.31. The zero-order valence-corrected chi connectivity index (χ0v) is 8.94. The van der Waals surface area contributed by atoms with Gasteiger partial charge in [-0.25, -0.2) is 0 Å². The topological polar surface area (TPSA) is 55.5 Å². The summed E-state index contributed by atoms with van der Waals surface area (Å²) in [6, 6.07) is 7.54. The molecule has 1 aliphatic carbocycles. The monoisotopic (exact) mass is 207 g/mol. The molecule has 1 fully saturated rings. The van der Waals surface area contributed by atoms with Crippen LogP contribution in [-0.2, 0) is 0 Å². The fourth-order valence-electron chi connectivity index (χ4n) is 1.89. The first kappa shape index (κ1) is 10.5. The lowest BCUT2D eigenvalue weighted by Gasteiger charge is -2.20. The fourth-order valence-corrected chi connectivity index (χ4v) is 1.89. The van der Waals surface area contributed by atoms with E-state index in [1.165, 1.54) is 0 Å². The van der Waals surface area contributed by atoms with E-state index in [2.05, 4.69) is 0 Å². The molecular weight excluding hydrogens is 190 g/mol. The Balaban J connectivity index is 2.15. The lowest BCUT2D eigenvalue weighted by atomic mass is 9.93. The molecule has 0 heterocycles. The van der Waals surface area contributed by atoms with Gasteiger partial charge >= 0.3 is 0 Å². The number of benzene rings is 1. The summed E-state index contributed by atoms with van der Waals surface area (Å²) >= 11 is 0. The lowest BCUT2D eigenvalue weighted by Crippen LogP contribution is -2.23. The highest BCUT2D eigenvalue weighted by molar-refractivity contribution is 5.30. The molecule has 15 heavy (non-hydrogen) atoms. The predicted molar refractivity (Wildman–Crippen MR) is 58.7 cm³/mol. The van der Waals surface area contributed by atoms with E-state index >= 15 is 0 Å². The molecule has 0 spiro atoms. The number of hydrogen-bond acceptors (Lipinski definition) is 3. The van der Waals surface area contributed by atoms with Crippen LogP contribution < -0.4 is 10.5 Å². The van der Waals surface area contributed by atoms with Crippen molar-refractivity contribution >= 4 is 0 Å². The summed E-state index contributed by atoms with van der Waals surface area (Å²) in [5, 5.41) is 10.2. The van der Waals surface area contributed by atoms with Gasteiger partial charge < -0.3 is 15.6 Å². The van der Waals surface area contributed by atoms with E-state index in [0.29, 0.717) is 6.54 Å². The highest BCUT2D eigenvalue weighted by Gasteiger charge is 2.48. The largest absolute Gasteiger partial charge is 0.497 e. The van der Waals surface area contributed by atoms with Gasteiger partial charge in [-0.1, -0.05) is 12.1 Å². The molecule has 1 unspecified atom stereocenters. The minimum absolute atomic E-state index is 0.0609. The Morgan fingerprint density at radius 2 is 2.00 bits per heavy atom. The Morgan fingerprint density at radius 1 is 1.40 bits per heavy atom. The first-order valence-electron chi connectivity index (χ1n) is 5.24. The zero-order valence-electron chi connectivity index (χ0n) is 8.94. The maximum atomic E-state index is 10.2. The van der Waals surface area contributed by atoms with Crippen molar-refractivity contribution < 1.29 is 9.84 Å². The van der Waals surface area contributed by atoms with Crippen LogP contribution in [0.25, 0.3) is 0 Å². The normalized spacial score (nSPS) is 19.7. The van der Waals surface area contributed by atoms with Crippen LogP contribution in [-0.4, -0.2) is 18.8 Å². The van der Waals surface area contributed by atoms with Crippen molar-refractivity contribution in [3.8, 4) is 5.75 Å². The second-order valence-corrected chi connectivity index (χ2v) is 4.24. The van der Waals surface area contributed by atoms with E-state index in [1.807, 2.05) is 24.3 Å². The maximum Gasteiger partial charge on any atom is 0.118 e. The summed E-state index contributed by atoms with van der Waals surface area (Å²) in [6.45, 7) is 0.556. The molecule has 0 saturated heterocycles. The quantitative estimate of drug-likeness (QED) is 0.786. The predicted octanol–water partition coefficient (Wildman–Crippen LogP) is 1.47. The van der Waals surface area contributed by atoms with Crippen molar-refractivity contribution in [3.63, 3.8) is 0 Å². The van der Waals surface area contributed by atoms with Crippen LogP contribution in [0, 0.1) is 5.41 Å². The van der Waals surface area contributed by atoms with Crippen molar-refractivity contribution in [3.05, 3.63) is 29.8 Å². The van der Waals surface area contributed by atoms with Gasteiger partial charge in [-0.3, -0.25) is 0 Å². The van der Waals surface area contributed by atoms with Crippen LogP contribution in [0.4, 0.5) is 0 Å². The molecule has 3 heteroatoms. The van der Waals surface area contributed by atoms with Crippen LogP contribution in [0.5, 0.6) is 5.75 Å². The highest BCUT2D eigenvalue weighted by Crippen LogP contribution is 2.54. The second-order valence-electron chi connectivity index (χ2n) is 4.24. The molecule has 3 nitrogen and oxygen atoms in total. The molecule has 2 rings (SSSR count). The van der Waals surface area contributed by atoms with E-state index in [-0.39, 0.29) is 5.41 Å². The molecule has 3 N–H and O–H groups in total. The number of nitrogens with two attached hydrogens (primary N) is 1. The van der Waals surface area contributed by atoms with E-state index in [9.17, 15) is 5.11 Å². The van der Waals surface area contributed by atoms with Gasteiger partial charge in [-0.15, -0.1) is 0 Å². The molecule has 0 aromatic heterocycles. The van der Waals surface area contributed by atoms with E-state index in [1.54, 1.807) is 7.11 Å². The van der Waals surface area contributed by atoms with Gasteiger partial charge in [0.1, 0.15) is 5.75 Å². The van der Waals surface area contributed by atoms with Crippen LogP contribution in [0.3, 0.4) is 0 Å². The Labute approximate surface area is 89.9 Å². The van der Waals surface area contributed by atoms with Crippen molar-refractivity contribution in [1.82, 2.24) is 0 Å². The van der Waals surface area contributed by atoms with Gasteiger partial charge in [0.25, 0.3) is 0 Å². The number of methoxy groups -OCH3 is 1. The number of aliphatic hydroxyl groups is 1. The Hall–Kier alpha value is -1.06. The third kappa shape index (κ3) is 1.85. The number of hydrogen-bond donors (Lipinski definition) is 2. The SMILES string of the molecule is COc1ccc(C(O)C2(CN)CC2)cc1. The number of rotatable bonds is 4. The average molecular weight is 207 g/mol. The summed E-state index contributed by atoms with van der Waals surface area (Å²) in [7, 11) is 1.63. The second kappa shape index (κ2) is 3.83. The molecule has 0 radical (unpaired) electrons. The van der Waals surface area contributed by atoms with Gasteiger partial charge in [-0.05, 0) is 30.5 Å². The van der Waals surface area contributed by atoms with E-state index < -0.39 is 6.10 Å². The zero-order chi connectivity index (χ0) is 10.9. The van der Waals surface area contributed by atoms with Gasteiger partial charge in [0, 0.05) is 12.0 Å². The molecule has 1 aromatic rings. The van der Waals surface area contributed by atoms with Crippen molar-refractivity contribution in [2.24, 2.45) is 11.1 Å². The minimum Gasteiger partial charge on any atom is -0.497 e. The first-order valence-corrected chi connectivity index (χ1v) is 5.24. The molecule has 1 saturated carbocycles. The molecule has 82 valence electrons. The molecule has 0 amide bonds. The Kier molecular flexibility index (Phi) is 2.67. The summed E-state index contributed by atoms with van der Waals surface area (Å²) in [5.41, 5.74) is 6.55. The van der Waals surface area contributed by atoms with Gasteiger partial charge in [-0.2, -0.15) is 0 Å². The van der Waals surface area contributed by atoms with Gasteiger partial charge in [0.2, 0.25) is 0 Å². The number of aliphatic hydroxyl groups excluding tert-OH is 1. The van der Waals surface area contributed by atoms with Gasteiger partial charge in [0.15, 0.2) is 0 Å². The molecule has 0 bridgehead atoms. The van der Waals surface area contributed by atoms with Crippen molar-refractivity contribution in [2.45, 2.75) is 18.9 Å². The number of ether oxygens (including phenoxy) is 1. The maximum absolute atomic E-state index is 10.2. The third-order valence-corrected chi connectivity index (χ3v) is 3.31. The summed E-state index contributed by atoms with van der Waals surface area (Å²) in [4.78, 5) is 0. The molecule has 1 atom stereocenters. The Morgan fingerprint density at radius 3 is 2.40 bits per heavy atom. The molecule has 1 aliphatic rings. The van der Waals surface area contributed by atoms with Gasteiger partial charge in [0.05, 0.1) is 13.2 Å². The summed E-state index contributed by atoms with van der Waals surface area (Å²) in [6.07, 6.45) is 1.61. The van der Waals surface area contributed by atoms with E-state index in [4.69, 9.17) is 10.5 Å². The van der Waals surface area contributed by atoms with Crippen LogP contribution in [0.1, 0.15) is 24.5 Å².